The number of pyridine rings is 1. The molecule has 0 spiro atoms. The number of rotatable bonds is 3. The second-order valence-electron chi connectivity index (χ2n) is 3.85. The summed E-state index contributed by atoms with van der Waals surface area (Å²) in [6.45, 7) is 0. The van der Waals surface area contributed by atoms with Gasteiger partial charge in [0.15, 0.2) is 0 Å². The van der Waals surface area contributed by atoms with Gasteiger partial charge >= 0.3 is 0 Å². The van der Waals surface area contributed by atoms with Crippen LogP contribution in [-0.4, -0.2) is 22.5 Å². The third-order valence-corrected chi connectivity index (χ3v) is 3.95. The third-order valence-electron chi connectivity index (χ3n) is 2.76. The molecule has 2 rings (SSSR count). The van der Waals surface area contributed by atoms with Gasteiger partial charge in [-0.25, -0.2) is 0 Å². The van der Waals surface area contributed by atoms with Crippen LogP contribution in [-0.2, 0) is 6.42 Å². The Labute approximate surface area is 89.3 Å². The fourth-order valence-corrected chi connectivity index (χ4v) is 3.20. The van der Waals surface area contributed by atoms with Crippen molar-refractivity contribution in [3.8, 4) is 0 Å². The van der Waals surface area contributed by atoms with Gasteiger partial charge in [0.05, 0.1) is 0 Å². The minimum Gasteiger partial charge on any atom is -0.327 e. The molecular weight excluding hydrogens is 192 g/mol. The number of nitrogens with two attached hydrogens (primary N) is 1. The summed E-state index contributed by atoms with van der Waals surface area (Å²) in [5, 5.41) is 0. The molecule has 76 valence electrons. The van der Waals surface area contributed by atoms with Gasteiger partial charge in [-0.2, -0.15) is 11.8 Å². The minimum atomic E-state index is 0.314. The Morgan fingerprint density at radius 3 is 3.21 bits per heavy atom. The average molecular weight is 208 g/mol. The maximum absolute atomic E-state index is 6.17. The first kappa shape index (κ1) is 9.99. The summed E-state index contributed by atoms with van der Waals surface area (Å²) in [7, 11) is 0. The van der Waals surface area contributed by atoms with Crippen LogP contribution in [0.2, 0.25) is 0 Å². The normalized spacial score (nSPS) is 23.6. The van der Waals surface area contributed by atoms with Crippen LogP contribution in [0.15, 0.2) is 24.5 Å². The lowest BCUT2D eigenvalue weighted by Crippen LogP contribution is -2.32. The van der Waals surface area contributed by atoms with Crippen molar-refractivity contribution >= 4 is 11.8 Å². The van der Waals surface area contributed by atoms with Gasteiger partial charge in [0, 0.05) is 18.4 Å². The van der Waals surface area contributed by atoms with Crippen molar-refractivity contribution < 1.29 is 0 Å². The predicted octanol–water partition coefficient (Wildman–Crippen LogP) is 1.70. The Morgan fingerprint density at radius 2 is 2.57 bits per heavy atom. The van der Waals surface area contributed by atoms with Crippen molar-refractivity contribution in [2.24, 2.45) is 11.7 Å². The van der Waals surface area contributed by atoms with E-state index in [0.717, 1.165) is 6.42 Å². The fourth-order valence-electron chi connectivity index (χ4n) is 1.85. The summed E-state index contributed by atoms with van der Waals surface area (Å²) in [5.74, 6) is 3.23. The zero-order valence-electron chi connectivity index (χ0n) is 8.23. The van der Waals surface area contributed by atoms with E-state index in [-0.39, 0.29) is 0 Å². The highest BCUT2D eigenvalue weighted by atomic mass is 32.2. The van der Waals surface area contributed by atoms with Crippen molar-refractivity contribution in [2.45, 2.75) is 18.9 Å². The van der Waals surface area contributed by atoms with E-state index in [4.69, 9.17) is 5.73 Å². The SMILES string of the molecule is NC(Cc1cccnc1)C1CCSC1. The smallest absolute Gasteiger partial charge is 0.0300 e. The Balaban J connectivity index is 1.90. The molecule has 2 unspecified atom stereocenters. The minimum absolute atomic E-state index is 0.314. The highest BCUT2D eigenvalue weighted by molar-refractivity contribution is 7.99. The van der Waals surface area contributed by atoms with Crippen molar-refractivity contribution in [1.29, 1.82) is 0 Å². The molecule has 3 heteroatoms. The van der Waals surface area contributed by atoms with Gasteiger partial charge in [0.2, 0.25) is 0 Å². The van der Waals surface area contributed by atoms with E-state index in [1.807, 2.05) is 24.0 Å². The summed E-state index contributed by atoms with van der Waals surface area (Å²) in [5.41, 5.74) is 7.43. The quantitative estimate of drug-likeness (QED) is 0.822. The predicted molar refractivity (Wildman–Crippen MR) is 61.3 cm³/mol. The highest BCUT2D eigenvalue weighted by Crippen LogP contribution is 2.26. The summed E-state index contributed by atoms with van der Waals surface area (Å²) in [6.07, 6.45) is 5.98. The molecule has 1 saturated heterocycles. The van der Waals surface area contributed by atoms with E-state index >= 15 is 0 Å². The van der Waals surface area contributed by atoms with Crippen LogP contribution in [0.5, 0.6) is 0 Å². The molecule has 2 atom stereocenters. The zero-order valence-corrected chi connectivity index (χ0v) is 9.04. The van der Waals surface area contributed by atoms with Crippen LogP contribution in [0.4, 0.5) is 0 Å². The highest BCUT2D eigenvalue weighted by Gasteiger charge is 2.22. The number of nitrogens with zero attached hydrogens (tertiary/aromatic N) is 1. The van der Waals surface area contributed by atoms with E-state index in [1.165, 1.54) is 23.5 Å². The maximum atomic E-state index is 6.17. The zero-order chi connectivity index (χ0) is 9.80. The average Bonchev–Trinajstić information content (AvgIpc) is 2.72. The van der Waals surface area contributed by atoms with Crippen molar-refractivity contribution in [2.75, 3.05) is 11.5 Å². The van der Waals surface area contributed by atoms with Crippen molar-refractivity contribution in [3.05, 3.63) is 30.1 Å². The molecule has 1 aromatic rings. The number of hydrogen-bond donors (Lipinski definition) is 1. The number of hydrogen-bond acceptors (Lipinski definition) is 3. The topological polar surface area (TPSA) is 38.9 Å². The van der Waals surface area contributed by atoms with Gasteiger partial charge in [-0.1, -0.05) is 6.07 Å². The molecule has 0 aliphatic carbocycles. The van der Waals surface area contributed by atoms with E-state index in [0.29, 0.717) is 12.0 Å². The summed E-state index contributed by atoms with van der Waals surface area (Å²) >= 11 is 2.03. The van der Waals surface area contributed by atoms with Crippen LogP contribution in [0.3, 0.4) is 0 Å². The number of thioether (sulfide) groups is 1. The summed E-state index contributed by atoms with van der Waals surface area (Å²) < 4.78 is 0. The molecule has 0 radical (unpaired) electrons. The maximum Gasteiger partial charge on any atom is 0.0300 e. The Hall–Kier alpha value is -0.540. The van der Waals surface area contributed by atoms with Gasteiger partial charge in [-0.3, -0.25) is 4.98 Å². The van der Waals surface area contributed by atoms with Crippen molar-refractivity contribution in [3.63, 3.8) is 0 Å². The van der Waals surface area contributed by atoms with Gasteiger partial charge in [0.25, 0.3) is 0 Å². The second kappa shape index (κ2) is 4.80. The van der Waals surface area contributed by atoms with Gasteiger partial charge < -0.3 is 5.73 Å². The lowest BCUT2D eigenvalue weighted by Gasteiger charge is -2.17. The molecule has 2 heterocycles. The number of aromatic nitrogens is 1. The first-order valence-electron chi connectivity index (χ1n) is 5.08. The molecule has 1 aromatic heterocycles. The third kappa shape index (κ3) is 2.49. The van der Waals surface area contributed by atoms with Crippen LogP contribution >= 0.6 is 11.8 Å². The van der Waals surface area contributed by atoms with Crippen LogP contribution in [0.1, 0.15) is 12.0 Å². The Bertz CT molecular complexity index is 270. The lowest BCUT2D eigenvalue weighted by molar-refractivity contribution is 0.462. The molecule has 1 fully saturated rings. The molecule has 0 aromatic carbocycles. The first-order valence-corrected chi connectivity index (χ1v) is 6.24. The van der Waals surface area contributed by atoms with Gasteiger partial charge in [-0.15, -0.1) is 0 Å². The molecular formula is C11H16N2S. The van der Waals surface area contributed by atoms with Crippen LogP contribution in [0.25, 0.3) is 0 Å². The standard InChI is InChI=1S/C11H16N2S/c12-11(10-3-5-14-8-10)6-9-2-1-4-13-7-9/h1-2,4,7,10-11H,3,5-6,8,12H2. The van der Waals surface area contributed by atoms with Gasteiger partial charge in [-0.05, 0) is 41.9 Å². The lowest BCUT2D eigenvalue weighted by atomic mass is 9.94. The molecule has 1 aliphatic heterocycles. The second-order valence-corrected chi connectivity index (χ2v) is 5.00. The molecule has 1 aliphatic rings. The Kier molecular flexibility index (Phi) is 3.43. The summed E-state index contributed by atoms with van der Waals surface area (Å²) in [6, 6.07) is 4.40. The monoisotopic (exact) mass is 208 g/mol. The molecule has 0 bridgehead atoms. The summed E-state index contributed by atoms with van der Waals surface area (Å²) in [4.78, 5) is 4.10. The largest absolute Gasteiger partial charge is 0.327 e. The van der Waals surface area contributed by atoms with Gasteiger partial charge in [0.1, 0.15) is 0 Å². The van der Waals surface area contributed by atoms with E-state index in [9.17, 15) is 0 Å². The van der Waals surface area contributed by atoms with Crippen LogP contribution < -0.4 is 5.73 Å². The van der Waals surface area contributed by atoms with E-state index < -0.39 is 0 Å². The van der Waals surface area contributed by atoms with E-state index in [1.54, 1.807) is 6.20 Å². The molecule has 0 saturated carbocycles. The molecule has 14 heavy (non-hydrogen) atoms. The molecule has 2 N–H and O–H groups in total. The van der Waals surface area contributed by atoms with Crippen LogP contribution in [0, 0.1) is 5.92 Å². The van der Waals surface area contributed by atoms with E-state index in [2.05, 4.69) is 11.1 Å². The van der Waals surface area contributed by atoms with Crippen molar-refractivity contribution in [1.82, 2.24) is 4.98 Å². The molecule has 0 amide bonds. The fraction of sp³-hybridized carbons (Fsp3) is 0.545. The molecule has 2 nitrogen and oxygen atoms in total. The first-order chi connectivity index (χ1) is 6.86. The Morgan fingerprint density at radius 1 is 1.64 bits per heavy atom.